The van der Waals surface area contributed by atoms with Crippen LogP contribution in [0.3, 0.4) is 0 Å². The Labute approximate surface area is 121 Å². The van der Waals surface area contributed by atoms with Crippen LogP contribution in [-0.2, 0) is 13.1 Å². The van der Waals surface area contributed by atoms with Crippen LogP contribution in [0.2, 0.25) is 0 Å². The molecule has 106 valence electrons. The van der Waals surface area contributed by atoms with E-state index in [9.17, 15) is 0 Å². The van der Waals surface area contributed by atoms with Gasteiger partial charge in [-0.05, 0) is 56.4 Å². The molecule has 1 fully saturated rings. The molecule has 0 bridgehead atoms. The van der Waals surface area contributed by atoms with Crippen LogP contribution in [0.15, 0.2) is 24.4 Å². The summed E-state index contributed by atoms with van der Waals surface area (Å²) >= 11 is 0. The lowest BCUT2D eigenvalue weighted by Crippen LogP contribution is -2.19. The molecule has 3 heteroatoms. The van der Waals surface area contributed by atoms with Crippen molar-refractivity contribution in [1.82, 2.24) is 15.1 Å². The Morgan fingerprint density at radius 2 is 1.90 bits per heavy atom. The van der Waals surface area contributed by atoms with Gasteiger partial charge in [-0.15, -0.1) is 0 Å². The predicted molar refractivity (Wildman–Crippen MR) is 81.8 cm³/mol. The van der Waals surface area contributed by atoms with Crippen molar-refractivity contribution >= 4 is 0 Å². The van der Waals surface area contributed by atoms with Crippen molar-refractivity contribution in [2.75, 3.05) is 0 Å². The second-order valence-electron chi connectivity index (χ2n) is 6.01. The van der Waals surface area contributed by atoms with E-state index in [0.717, 1.165) is 19.1 Å². The second-order valence-corrected chi connectivity index (χ2v) is 6.01. The molecule has 0 saturated heterocycles. The fourth-order valence-electron chi connectivity index (χ4n) is 2.80. The zero-order valence-corrected chi connectivity index (χ0v) is 12.6. The quantitative estimate of drug-likeness (QED) is 0.904. The van der Waals surface area contributed by atoms with E-state index in [1.165, 1.54) is 40.8 Å². The molecule has 1 heterocycles. The number of rotatable bonds is 5. The standard InChI is InChI=1S/C17H23N3/c1-12-8-13(2)17(14(3)9-12)11-20-16(6-7-19-20)10-18-15-4-5-15/h6-9,15,18H,4-5,10-11H2,1-3H3. The molecule has 0 unspecified atom stereocenters. The molecule has 20 heavy (non-hydrogen) atoms. The van der Waals surface area contributed by atoms with Gasteiger partial charge in [0.15, 0.2) is 0 Å². The van der Waals surface area contributed by atoms with Crippen molar-refractivity contribution in [2.45, 2.75) is 52.7 Å². The first kappa shape index (κ1) is 13.4. The monoisotopic (exact) mass is 269 g/mol. The Morgan fingerprint density at radius 1 is 1.20 bits per heavy atom. The minimum absolute atomic E-state index is 0.737. The molecule has 0 aliphatic heterocycles. The molecule has 0 atom stereocenters. The largest absolute Gasteiger partial charge is 0.308 e. The van der Waals surface area contributed by atoms with Gasteiger partial charge >= 0.3 is 0 Å². The Morgan fingerprint density at radius 3 is 2.55 bits per heavy atom. The average molecular weight is 269 g/mol. The Bertz CT molecular complexity index is 585. The van der Waals surface area contributed by atoms with E-state index in [0.29, 0.717) is 0 Å². The van der Waals surface area contributed by atoms with Crippen molar-refractivity contribution in [3.8, 4) is 0 Å². The third-order valence-electron chi connectivity index (χ3n) is 4.10. The van der Waals surface area contributed by atoms with E-state index in [-0.39, 0.29) is 0 Å². The van der Waals surface area contributed by atoms with Crippen LogP contribution in [-0.4, -0.2) is 15.8 Å². The fraction of sp³-hybridized carbons (Fsp3) is 0.471. The van der Waals surface area contributed by atoms with Gasteiger partial charge in [-0.25, -0.2) is 0 Å². The maximum Gasteiger partial charge on any atom is 0.0668 e. The first-order valence-corrected chi connectivity index (χ1v) is 7.44. The van der Waals surface area contributed by atoms with E-state index in [4.69, 9.17) is 0 Å². The Kier molecular flexibility index (Phi) is 3.62. The van der Waals surface area contributed by atoms with Crippen molar-refractivity contribution in [3.63, 3.8) is 0 Å². The highest BCUT2D eigenvalue weighted by atomic mass is 15.3. The summed E-state index contributed by atoms with van der Waals surface area (Å²) < 4.78 is 2.13. The highest BCUT2D eigenvalue weighted by molar-refractivity contribution is 5.37. The summed E-state index contributed by atoms with van der Waals surface area (Å²) in [6.07, 6.45) is 4.55. The SMILES string of the molecule is Cc1cc(C)c(Cn2nccc2CNC2CC2)c(C)c1. The number of benzene rings is 1. The highest BCUT2D eigenvalue weighted by Crippen LogP contribution is 2.20. The molecule has 1 saturated carbocycles. The maximum atomic E-state index is 4.49. The lowest BCUT2D eigenvalue weighted by molar-refractivity contribution is 0.591. The molecule has 1 aliphatic rings. The predicted octanol–water partition coefficient (Wildman–Crippen LogP) is 3.11. The third kappa shape index (κ3) is 2.93. The van der Waals surface area contributed by atoms with Gasteiger partial charge in [0.25, 0.3) is 0 Å². The Balaban J connectivity index is 1.78. The summed E-state index contributed by atoms with van der Waals surface area (Å²) in [5.41, 5.74) is 6.72. The molecule has 0 radical (unpaired) electrons. The molecule has 1 aromatic carbocycles. The van der Waals surface area contributed by atoms with Crippen LogP contribution >= 0.6 is 0 Å². The van der Waals surface area contributed by atoms with Crippen LogP contribution in [0.4, 0.5) is 0 Å². The van der Waals surface area contributed by atoms with Gasteiger partial charge in [-0.1, -0.05) is 17.7 Å². The van der Waals surface area contributed by atoms with E-state index in [1.807, 2.05) is 6.20 Å². The van der Waals surface area contributed by atoms with Crippen molar-refractivity contribution in [2.24, 2.45) is 0 Å². The first-order chi connectivity index (χ1) is 9.63. The molecule has 2 aromatic rings. The topological polar surface area (TPSA) is 29.9 Å². The first-order valence-electron chi connectivity index (χ1n) is 7.44. The van der Waals surface area contributed by atoms with Gasteiger partial charge < -0.3 is 5.32 Å². The summed E-state index contributed by atoms with van der Waals surface area (Å²) in [6, 6.07) is 7.37. The normalized spacial score (nSPS) is 14.8. The lowest BCUT2D eigenvalue weighted by Gasteiger charge is -2.14. The van der Waals surface area contributed by atoms with Gasteiger partial charge in [0.05, 0.1) is 12.2 Å². The molecule has 0 amide bonds. The molecule has 1 aliphatic carbocycles. The van der Waals surface area contributed by atoms with Crippen LogP contribution in [0.25, 0.3) is 0 Å². The smallest absolute Gasteiger partial charge is 0.0668 e. The van der Waals surface area contributed by atoms with Crippen molar-refractivity contribution in [1.29, 1.82) is 0 Å². The number of hydrogen-bond donors (Lipinski definition) is 1. The number of aromatic nitrogens is 2. The van der Waals surface area contributed by atoms with E-state index in [2.05, 4.69) is 54.1 Å². The van der Waals surface area contributed by atoms with Crippen LogP contribution in [0.5, 0.6) is 0 Å². The van der Waals surface area contributed by atoms with E-state index >= 15 is 0 Å². The number of aryl methyl sites for hydroxylation is 3. The van der Waals surface area contributed by atoms with E-state index in [1.54, 1.807) is 0 Å². The number of nitrogens with one attached hydrogen (secondary N) is 1. The van der Waals surface area contributed by atoms with Crippen molar-refractivity contribution in [3.05, 3.63) is 52.3 Å². The fourth-order valence-corrected chi connectivity index (χ4v) is 2.80. The Hall–Kier alpha value is -1.61. The zero-order valence-electron chi connectivity index (χ0n) is 12.6. The van der Waals surface area contributed by atoms with Crippen molar-refractivity contribution < 1.29 is 0 Å². The van der Waals surface area contributed by atoms with Gasteiger partial charge in [0.2, 0.25) is 0 Å². The number of hydrogen-bond acceptors (Lipinski definition) is 2. The molecular formula is C17H23N3. The van der Waals surface area contributed by atoms with Gasteiger partial charge in [0, 0.05) is 18.8 Å². The molecule has 0 spiro atoms. The van der Waals surface area contributed by atoms with Crippen LogP contribution in [0, 0.1) is 20.8 Å². The summed E-state index contributed by atoms with van der Waals surface area (Å²) in [4.78, 5) is 0. The minimum Gasteiger partial charge on any atom is -0.308 e. The second kappa shape index (κ2) is 5.41. The lowest BCUT2D eigenvalue weighted by atomic mass is 10.00. The minimum atomic E-state index is 0.737. The van der Waals surface area contributed by atoms with Gasteiger partial charge in [-0.3, -0.25) is 4.68 Å². The molecule has 3 nitrogen and oxygen atoms in total. The molecular weight excluding hydrogens is 246 g/mol. The maximum absolute atomic E-state index is 4.49. The average Bonchev–Trinajstić information content (AvgIpc) is 3.11. The third-order valence-corrected chi connectivity index (χ3v) is 4.10. The van der Waals surface area contributed by atoms with Gasteiger partial charge in [-0.2, -0.15) is 5.10 Å². The highest BCUT2D eigenvalue weighted by Gasteiger charge is 2.20. The summed E-state index contributed by atoms with van der Waals surface area (Å²) in [5, 5.41) is 8.05. The molecule has 1 N–H and O–H groups in total. The van der Waals surface area contributed by atoms with Crippen LogP contribution in [0.1, 0.15) is 40.8 Å². The summed E-state index contributed by atoms with van der Waals surface area (Å²) in [6.45, 7) is 8.34. The molecule has 3 rings (SSSR count). The summed E-state index contributed by atoms with van der Waals surface area (Å²) in [5.74, 6) is 0. The zero-order chi connectivity index (χ0) is 14.1. The number of nitrogens with zero attached hydrogens (tertiary/aromatic N) is 2. The van der Waals surface area contributed by atoms with E-state index < -0.39 is 0 Å². The van der Waals surface area contributed by atoms with Gasteiger partial charge in [0.1, 0.15) is 0 Å². The molecule has 1 aromatic heterocycles. The summed E-state index contributed by atoms with van der Waals surface area (Å²) in [7, 11) is 0. The van der Waals surface area contributed by atoms with Crippen LogP contribution < -0.4 is 5.32 Å².